The quantitative estimate of drug-likeness (QED) is 0.877. The normalized spacial score (nSPS) is 13.2. The molecule has 1 aromatic carbocycles. The highest BCUT2D eigenvalue weighted by Crippen LogP contribution is 2.38. The molecule has 0 radical (unpaired) electrons. The number of aliphatic hydroxyl groups is 1. The summed E-state index contributed by atoms with van der Waals surface area (Å²) in [6.07, 6.45) is 0. The van der Waals surface area contributed by atoms with E-state index in [2.05, 4.69) is 10.4 Å². The maximum atomic E-state index is 9.08. The van der Waals surface area contributed by atoms with Gasteiger partial charge in [0.1, 0.15) is 13.2 Å². The summed E-state index contributed by atoms with van der Waals surface area (Å²) < 4.78 is 12.9. The van der Waals surface area contributed by atoms with Crippen LogP contribution in [0.2, 0.25) is 5.02 Å². The van der Waals surface area contributed by atoms with Gasteiger partial charge in [-0.15, -0.1) is 0 Å². The second-order valence-corrected chi connectivity index (χ2v) is 5.83. The van der Waals surface area contributed by atoms with Gasteiger partial charge in [-0.1, -0.05) is 11.6 Å². The van der Waals surface area contributed by atoms with Crippen molar-refractivity contribution in [1.29, 1.82) is 0 Å². The van der Waals surface area contributed by atoms with Gasteiger partial charge in [0.25, 0.3) is 0 Å². The van der Waals surface area contributed by atoms with E-state index in [1.807, 2.05) is 24.6 Å². The van der Waals surface area contributed by atoms with Crippen LogP contribution < -0.4 is 14.8 Å². The summed E-state index contributed by atoms with van der Waals surface area (Å²) in [5, 5.41) is 17.4. The fourth-order valence-corrected chi connectivity index (χ4v) is 2.91. The number of benzene rings is 1. The molecule has 0 amide bonds. The number of nitrogens with one attached hydrogen (secondary N) is 1. The smallest absolute Gasteiger partial charge is 0.163 e. The minimum absolute atomic E-state index is 0.0722. The van der Waals surface area contributed by atoms with Crippen LogP contribution in [0, 0.1) is 13.8 Å². The first-order valence-corrected chi connectivity index (χ1v) is 7.94. The summed E-state index contributed by atoms with van der Waals surface area (Å²) in [7, 11) is 0. The standard InChI is InChI=1S/C16H20ClN3O3/c1-10-12(11(2)20(19-10)3-4-21)9-18-14-8-16-15(7-13(14)17)22-5-6-23-16/h7-8,18,21H,3-6,9H2,1-2H3. The first kappa shape index (κ1) is 16.0. The summed E-state index contributed by atoms with van der Waals surface area (Å²) in [5.41, 5.74) is 3.88. The molecule has 2 N–H and O–H groups in total. The van der Waals surface area contributed by atoms with Crippen LogP contribution in [0.15, 0.2) is 12.1 Å². The van der Waals surface area contributed by atoms with Crippen molar-refractivity contribution in [2.24, 2.45) is 0 Å². The number of nitrogens with zero attached hydrogens (tertiary/aromatic N) is 2. The molecule has 0 unspecified atom stereocenters. The number of aryl methyl sites for hydroxylation is 1. The zero-order chi connectivity index (χ0) is 16.4. The molecule has 6 nitrogen and oxygen atoms in total. The van der Waals surface area contributed by atoms with Crippen LogP contribution in [0.3, 0.4) is 0 Å². The van der Waals surface area contributed by atoms with Crippen molar-refractivity contribution >= 4 is 17.3 Å². The van der Waals surface area contributed by atoms with Crippen molar-refractivity contribution in [1.82, 2.24) is 9.78 Å². The molecule has 0 atom stereocenters. The van der Waals surface area contributed by atoms with E-state index >= 15 is 0 Å². The van der Waals surface area contributed by atoms with Crippen molar-refractivity contribution in [3.8, 4) is 11.5 Å². The van der Waals surface area contributed by atoms with Gasteiger partial charge in [-0.05, 0) is 13.8 Å². The molecule has 3 rings (SSSR count). The largest absolute Gasteiger partial charge is 0.486 e. The molecule has 0 spiro atoms. The minimum atomic E-state index is 0.0722. The SMILES string of the molecule is Cc1nn(CCO)c(C)c1CNc1cc2c(cc1Cl)OCCO2. The summed E-state index contributed by atoms with van der Waals surface area (Å²) >= 11 is 6.31. The van der Waals surface area contributed by atoms with E-state index in [0.717, 1.165) is 22.6 Å². The highest BCUT2D eigenvalue weighted by Gasteiger charge is 2.16. The van der Waals surface area contributed by atoms with Crippen LogP contribution in [0.1, 0.15) is 17.0 Å². The molecule has 0 aliphatic carbocycles. The molecular formula is C16H20ClN3O3. The fourth-order valence-electron chi connectivity index (χ4n) is 2.69. The number of aliphatic hydroxyl groups excluding tert-OH is 1. The van der Waals surface area contributed by atoms with Crippen molar-refractivity contribution < 1.29 is 14.6 Å². The van der Waals surface area contributed by atoms with Gasteiger partial charge in [-0.25, -0.2) is 0 Å². The number of hydrogen-bond donors (Lipinski definition) is 2. The number of ether oxygens (including phenoxy) is 2. The molecule has 7 heteroatoms. The number of anilines is 1. The Hall–Kier alpha value is -1.92. The Balaban J connectivity index is 1.78. The maximum Gasteiger partial charge on any atom is 0.163 e. The predicted molar refractivity (Wildman–Crippen MR) is 88.6 cm³/mol. The number of aromatic nitrogens is 2. The van der Waals surface area contributed by atoms with Crippen molar-refractivity contribution in [3.63, 3.8) is 0 Å². The Morgan fingerprint density at radius 1 is 1.26 bits per heavy atom. The van der Waals surface area contributed by atoms with Crippen LogP contribution in [-0.2, 0) is 13.1 Å². The molecule has 2 heterocycles. The first-order chi connectivity index (χ1) is 11.1. The van der Waals surface area contributed by atoms with E-state index in [-0.39, 0.29) is 6.61 Å². The van der Waals surface area contributed by atoms with Crippen molar-refractivity contribution in [2.45, 2.75) is 26.9 Å². The molecule has 0 bridgehead atoms. The van der Waals surface area contributed by atoms with Crippen LogP contribution in [0.25, 0.3) is 0 Å². The third-order valence-corrected chi connectivity index (χ3v) is 4.24. The van der Waals surface area contributed by atoms with Crippen molar-refractivity contribution in [2.75, 3.05) is 25.1 Å². The third-order valence-electron chi connectivity index (χ3n) is 3.93. The zero-order valence-corrected chi connectivity index (χ0v) is 14.0. The number of hydrogen-bond acceptors (Lipinski definition) is 5. The Labute approximate surface area is 140 Å². The van der Waals surface area contributed by atoms with Gasteiger partial charge in [0.15, 0.2) is 11.5 Å². The van der Waals surface area contributed by atoms with Crippen LogP contribution in [0.5, 0.6) is 11.5 Å². The molecule has 0 fully saturated rings. The highest BCUT2D eigenvalue weighted by molar-refractivity contribution is 6.33. The van der Waals surface area contributed by atoms with Crippen molar-refractivity contribution in [3.05, 3.63) is 34.1 Å². The fraction of sp³-hybridized carbons (Fsp3) is 0.438. The van der Waals surface area contributed by atoms with Gasteiger partial charge < -0.3 is 19.9 Å². The molecular weight excluding hydrogens is 318 g/mol. The van der Waals surface area contributed by atoms with Crippen LogP contribution in [0.4, 0.5) is 5.69 Å². The van der Waals surface area contributed by atoms with Gasteiger partial charge >= 0.3 is 0 Å². The maximum absolute atomic E-state index is 9.08. The summed E-state index contributed by atoms with van der Waals surface area (Å²) in [6.45, 7) is 6.21. The summed E-state index contributed by atoms with van der Waals surface area (Å²) in [6, 6.07) is 3.63. The molecule has 23 heavy (non-hydrogen) atoms. The highest BCUT2D eigenvalue weighted by atomic mass is 35.5. The predicted octanol–water partition coefficient (Wildman–Crippen LogP) is 2.53. The molecule has 1 aliphatic rings. The lowest BCUT2D eigenvalue weighted by Crippen LogP contribution is -2.15. The van der Waals surface area contributed by atoms with Gasteiger partial charge in [0.05, 0.1) is 29.6 Å². The van der Waals surface area contributed by atoms with Gasteiger partial charge in [-0.2, -0.15) is 5.10 Å². The first-order valence-electron chi connectivity index (χ1n) is 7.57. The Bertz CT molecular complexity index is 715. The minimum Gasteiger partial charge on any atom is -0.486 e. The zero-order valence-electron chi connectivity index (χ0n) is 13.2. The second-order valence-electron chi connectivity index (χ2n) is 5.43. The number of halogens is 1. The summed E-state index contributed by atoms with van der Waals surface area (Å²) in [4.78, 5) is 0. The Morgan fingerprint density at radius 2 is 1.96 bits per heavy atom. The van der Waals surface area contributed by atoms with Crippen LogP contribution in [-0.4, -0.2) is 34.7 Å². The van der Waals surface area contributed by atoms with E-state index in [1.165, 1.54) is 0 Å². The molecule has 124 valence electrons. The average Bonchev–Trinajstić information content (AvgIpc) is 2.80. The second kappa shape index (κ2) is 6.68. The lowest BCUT2D eigenvalue weighted by atomic mass is 10.2. The Morgan fingerprint density at radius 3 is 2.65 bits per heavy atom. The van der Waals surface area contributed by atoms with Gasteiger partial charge in [0.2, 0.25) is 0 Å². The van der Waals surface area contributed by atoms with E-state index in [1.54, 1.807) is 6.07 Å². The average molecular weight is 338 g/mol. The van der Waals surface area contributed by atoms with Gasteiger partial charge in [-0.3, -0.25) is 4.68 Å². The third kappa shape index (κ3) is 3.23. The van der Waals surface area contributed by atoms with E-state index in [9.17, 15) is 0 Å². The molecule has 0 saturated heterocycles. The lowest BCUT2D eigenvalue weighted by molar-refractivity contribution is 0.171. The lowest BCUT2D eigenvalue weighted by Gasteiger charge is -2.20. The topological polar surface area (TPSA) is 68.5 Å². The number of rotatable bonds is 5. The molecule has 1 aliphatic heterocycles. The molecule has 2 aromatic rings. The van der Waals surface area contributed by atoms with E-state index in [0.29, 0.717) is 42.8 Å². The van der Waals surface area contributed by atoms with Crippen LogP contribution >= 0.6 is 11.6 Å². The monoisotopic (exact) mass is 337 g/mol. The summed E-state index contributed by atoms with van der Waals surface area (Å²) in [5.74, 6) is 1.38. The number of fused-ring (bicyclic) bond motifs is 1. The molecule has 1 aromatic heterocycles. The van der Waals surface area contributed by atoms with E-state index < -0.39 is 0 Å². The molecule has 0 saturated carbocycles. The Kier molecular flexibility index (Phi) is 4.63. The van der Waals surface area contributed by atoms with Gasteiger partial charge in [0, 0.05) is 29.9 Å². The van der Waals surface area contributed by atoms with E-state index in [4.69, 9.17) is 26.2 Å².